The van der Waals surface area contributed by atoms with Crippen LogP contribution in [-0.2, 0) is 4.74 Å². The molecule has 25 heavy (non-hydrogen) atoms. The molecule has 1 aliphatic rings. The van der Waals surface area contributed by atoms with Crippen LogP contribution in [0.1, 0.15) is 56.6 Å². The Morgan fingerprint density at radius 1 is 1.32 bits per heavy atom. The Labute approximate surface area is 148 Å². The van der Waals surface area contributed by atoms with Crippen molar-refractivity contribution in [1.29, 1.82) is 0 Å². The zero-order chi connectivity index (χ0) is 18.7. The number of carbonyl (C=O) groups is 2. The number of hydrogen-bond donors (Lipinski definition) is 1. The molecule has 0 atom stereocenters. The van der Waals surface area contributed by atoms with E-state index in [1.807, 2.05) is 27.7 Å². The molecule has 0 saturated carbocycles. The molecule has 1 fully saturated rings. The average molecular weight is 343 g/mol. The average Bonchev–Trinajstić information content (AvgIpc) is 2.53. The molecule has 6 nitrogen and oxygen atoms in total. The number of nitrogens with zero attached hydrogens (tertiary/aromatic N) is 2. The number of amides is 2. The Hall–Kier alpha value is -2.55. The Bertz CT molecular complexity index is 675. The number of aromatic nitrogens is 1. The summed E-state index contributed by atoms with van der Waals surface area (Å²) in [6, 6.07) is 3.30. The molecule has 0 unspecified atom stereocenters. The van der Waals surface area contributed by atoms with Gasteiger partial charge >= 0.3 is 6.09 Å². The van der Waals surface area contributed by atoms with Gasteiger partial charge in [-0.1, -0.05) is 5.92 Å². The summed E-state index contributed by atoms with van der Waals surface area (Å²) < 4.78 is 5.39. The lowest BCUT2D eigenvalue weighted by atomic mass is 9.89. The first-order valence-electron chi connectivity index (χ1n) is 8.35. The summed E-state index contributed by atoms with van der Waals surface area (Å²) in [5.74, 6) is 2.23. The molecule has 0 radical (unpaired) electrons. The Morgan fingerprint density at radius 3 is 2.44 bits per heavy atom. The van der Waals surface area contributed by atoms with E-state index in [-0.39, 0.29) is 17.5 Å². The first kappa shape index (κ1) is 18.8. The number of terminal acetylenes is 1. The molecule has 1 aromatic rings. The zero-order valence-electron chi connectivity index (χ0n) is 15.3. The predicted octanol–water partition coefficient (Wildman–Crippen LogP) is 2.58. The van der Waals surface area contributed by atoms with Crippen molar-refractivity contribution in [2.45, 2.75) is 51.7 Å². The van der Waals surface area contributed by atoms with E-state index in [9.17, 15) is 9.59 Å². The van der Waals surface area contributed by atoms with Gasteiger partial charge in [-0.25, -0.2) is 9.78 Å². The number of nitrogens with one attached hydrogen (secondary N) is 1. The molecule has 0 bridgehead atoms. The first-order chi connectivity index (χ1) is 11.6. The highest BCUT2D eigenvalue weighted by atomic mass is 16.6. The largest absolute Gasteiger partial charge is 0.444 e. The summed E-state index contributed by atoms with van der Waals surface area (Å²) >= 11 is 0. The topological polar surface area (TPSA) is 71.5 Å². The molecule has 1 N–H and O–H groups in total. The van der Waals surface area contributed by atoms with E-state index in [0.717, 1.165) is 0 Å². The van der Waals surface area contributed by atoms with Crippen molar-refractivity contribution in [3.8, 4) is 12.3 Å². The highest BCUT2D eigenvalue weighted by Gasteiger charge is 2.35. The lowest BCUT2D eigenvalue weighted by Gasteiger charge is -2.40. The van der Waals surface area contributed by atoms with Crippen LogP contribution in [0.4, 0.5) is 4.79 Å². The summed E-state index contributed by atoms with van der Waals surface area (Å²) in [6.07, 6.45) is 7.79. The van der Waals surface area contributed by atoms with Gasteiger partial charge < -0.3 is 15.0 Å². The number of likely N-dealkylation sites (tertiary alicyclic amines) is 1. The molecule has 1 aromatic heterocycles. The second kappa shape index (κ2) is 7.14. The minimum Gasteiger partial charge on any atom is -0.444 e. The van der Waals surface area contributed by atoms with Gasteiger partial charge in [0.25, 0.3) is 5.91 Å². The maximum absolute atomic E-state index is 12.4. The van der Waals surface area contributed by atoms with Crippen molar-refractivity contribution in [1.82, 2.24) is 15.2 Å². The fourth-order valence-electron chi connectivity index (χ4n) is 2.59. The van der Waals surface area contributed by atoms with Gasteiger partial charge in [-0.05, 0) is 52.7 Å². The van der Waals surface area contributed by atoms with Crippen molar-refractivity contribution in [2.24, 2.45) is 0 Å². The number of pyridine rings is 1. The van der Waals surface area contributed by atoms with Gasteiger partial charge in [-0.2, -0.15) is 0 Å². The molecule has 0 aliphatic carbocycles. The molecule has 0 aromatic carbocycles. The van der Waals surface area contributed by atoms with Gasteiger partial charge in [-0.3, -0.25) is 4.79 Å². The minimum absolute atomic E-state index is 0.239. The Kier molecular flexibility index (Phi) is 5.36. The van der Waals surface area contributed by atoms with E-state index in [0.29, 0.717) is 37.2 Å². The van der Waals surface area contributed by atoms with Crippen molar-refractivity contribution < 1.29 is 14.3 Å². The van der Waals surface area contributed by atoms with E-state index in [4.69, 9.17) is 11.2 Å². The number of rotatable bonds is 2. The zero-order valence-corrected chi connectivity index (χ0v) is 15.3. The van der Waals surface area contributed by atoms with E-state index in [2.05, 4.69) is 16.2 Å². The highest BCUT2D eigenvalue weighted by molar-refractivity contribution is 5.92. The van der Waals surface area contributed by atoms with Crippen LogP contribution in [0, 0.1) is 12.3 Å². The third-order valence-electron chi connectivity index (χ3n) is 4.10. The smallest absolute Gasteiger partial charge is 0.410 e. The summed E-state index contributed by atoms with van der Waals surface area (Å²) in [4.78, 5) is 30.3. The molecular weight excluding hydrogens is 318 g/mol. The minimum atomic E-state index is -0.512. The lowest BCUT2D eigenvalue weighted by molar-refractivity contribution is 0.0160. The number of carbonyl (C=O) groups excluding carboxylic acids is 2. The Morgan fingerprint density at radius 2 is 1.96 bits per heavy atom. The second-order valence-electron chi connectivity index (χ2n) is 7.56. The predicted molar refractivity (Wildman–Crippen MR) is 95.1 cm³/mol. The van der Waals surface area contributed by atoms with E-state index < -0.39 is 5.60 Å². The quantitative estimate of drug-likeness (QED) is 0.838. The normalized spacial score (nSPS) is 16.7. The molecule has 2 heterocycles. The fourth-order valence-corrected chi connectivity index (χ4v) is 2.59. The maximum atomic E-state index is 12.4. The van der Waals surface area contributed by atoms with Crippen LogP contribution in [-0.4, -0.2) is 46.1 Å². The Balaban J connectivity index is 1.92. The number of piperidine rings is 1. The molecule has 2 amide bonds. The first-order valence-corrected chi connectivity index (χ1v) is 8.35. The van der Waals surface area contributed by atoms with Gasteiger partial charge in [0.2, 0.25) is 0 Å². The fraction of sp³-hybridized carbons (Fsp3) is 0.526. The molecule has 1 aliphatic heterocycles. The molecule has 0 spiro atoms. The van der Waals surface area contributed by atoms with Crippen LogP contribution < -0.4 is 5.32 Å². The lowest BCUT2D eigenvalue weighted by Crippen LogP contribution is -2.55. The SMILES string of the molecule is C#Cc1ccc(C(=O)NC2(C)CCN(C(=O)OC(C)(C)C)CC2)nc1. The summed E-state index contributed by atoms with van der Waals surface area (Å²) in [5, 5.41) is 3.02. The third kappa shape index (κ3) is 5.21. The van der Waals surface area contributed by atoms with Crippen molar-refractivity contribution in [3.05, 3.63) is 29.6 Å². The van der Waals surface area contributed by atoms with E-state index >= 15 is 0 Å². The highest BCUT2D eigenvalue weighted by Crippen LogP contribution is 2.23. The van der Waals surface area contributed by atoms with Gasteiger partial charge in [0.05, 0.1) is 0 Å². The number of hydrogen-bond acceptors (Lipinski definition) is 4. The van der Waals surface area contributed by atoms with Gasteiger partial charge in [0.15, 0.2) is 0 Å². The van der Waals surface area contributed by atoms with Crippen molar-refractivity contribution >= 4 is 12.0 Å². The van der Waals surface area contributed by atoms with Crippen LogP contribution >= 0.6 is 0 Å². The van der Waals surface area contributed by atoms with Crippen molar-refractivity contribution in [2.75, 3.05) is 13.1 Å². The molecule has 1 saturated heterocycles. The second-order valence-corrected chi connectivity index (χ2v) is 7.56. The molecule has 2 rings (SSSR count). The van der Waals surface area contributed by atoms with Crippen LogP contribution in [0.25, 0.3) is 0 Å². The van der Waals surface area contributed by atoms with Crippen LogP contribution in [0.15, 0.2) is 18.3 Å². The van der Waals surface area contributed by atoms with E-state index in [1.165, 1.54) is 6.20 Å². The van der Waals surface area contributed by atoms with E-state index in [1.54, 1.807) is 17.0 Å². The number of ether oxygens (including phenoxy) is 1. The molecule has 6 heteroatoms. The monoisotopic (exact) mass is 343 g/mol. The van der Waals surface area contributed by atoms with Crippen LogP contribution in [0.5, 0.6) is 0 Å². The van der Waals surface area contributed by atoms with Crippen LogP contribution in [0.3, 0.4) is 0 Å². The van der Waals surface area contributed by atoms with Crippen LogP contribution in [0.2, 0.25) is 0 Å². The molecular formula is C19H25N3O3. The summed E-state index contributed by atoms with van der Waals surface area (Å²) in [6.45, 7) is 8.59. The standard InChI is InChI=1S/C19H25N3O3/c1-6-14-7-8-15(20-13-14)16(23)21-19(5)9-11-22(12-10-19)17(24)25-18(2,3)4/h1,7-8,13H,9-12H2,2-5H3,(H,21,23). The molecule has 134 valence electrons. The van der Waals surface area contributed by atoms with Gasteiger partial charge in [-0.15, -0.1) is 6.42 Å². The third-order valence-corrected chi connectivity index (χ3v) is 4.10. The maximum Gasteiger partial charge on any atom is 0.410 e. The van der Waals surface area contributed by atoms with Gasteiger partial charge in [0, 0.05) is 30.4 Å². The summed E-state index contributed by atoms with van der Waals surface area (Å²) in [5.41, 5.74) is 0.0628. The summed E-state index contributed by atoms with van der Waals surface area (Å²) in [7, 11) is 0. The van der Waals surface area contributed by atoms with Crippen molar-refractivity contribution in [3.63, 3.8) is 0 Å². The van der Waals surface area contributed by atoms with Gasteiger partial charge in [0.1, 0.15) is 11.3 Å².